The van der Waals surface area contributed by atoms with Crippen molar-refractivity contribution in [3.8, 4) is 5.75 Å². The summed E-state index contributed by atoms with van der Waals surface area (Å²) in [6.07, 6.45) is 3.33. The number of fused-ring (bicyclic) bond motifs is 1. The zero-order valence-corrected chi connectivity index (χ0v) is 14.9. The van der Waals surface area contributed by atoms with Gasteiger partial charge in [0.2, 0.25) is 5.91 Å². The van der Waals surface area contributed by atoms with Crippen molar-refractivity contribution in [2.24, 2.45) is 7.05 Å². The highest BCUT2D eigenvalue weighted by Crippen LogP contribution is 2.18. The van der Waals surface area contributed by atoms with Gasteiger partial charge in [-0.05, 0) is 25.8 Å². The van der Waals surface area contributed by atoms with Crippen molar-refractivity contribution in [1.29, 1.82) is 0 Å². The fourth-order valence-corrected chi connectivity index (χ4v) is 3.03. The van der Waals surface area contributed by atoms with Crippen LogP contribution in [0, 0.1) is 0 Å². The first kappa shape index (κ1) is 18.1. The molecular formula is C17H22N4O5. The Morgan fingerprint density at radius 3 is 2.96 bits per heavy atom. The van der Waals surface area contributed by atoms with Crippen LogP contribution in [0.2, 0.25) is 0 Å². The Kier molecular flexibility index (Phi) is 5.36. The van der Waals surface area contributed by atoms with Crippen LogP contribution in [-0.4, -0.2) is 45.9 Å². The van der Waals surface area contributed by atoms with E-state index in [0.29, 0.717) is 25.5 Å². The van der Waals surface area contributed by atoms with Crippen molar-refractivity contribution in [2.45, 2.75) is 32.4 Å². The van der Waals surface area contributed by atoms with Crippen LogP contribution in [-0.2, 0) is 23.1 Å². The van der Waals surface area contributed by atoms with E-state index in [9.17, 15) is 14.4 Å². The number of ether oxygens (including phenoxy) is 2. The van der Waals surface area contributed by atoms with Gasteiger partial charge in [0, 0.05) is 26.4 Å². The second-order valence-corrected chi connectivity index (χ2v) is 6.11. The highest BCUT2D eigenvalue weighted by molar-refractivity contribution is 5.81. The second-order valence-electron chi connectivity index (χ2n) is 6.11. The number of pyridine rings is 1. The van der Waals surface area contributed by atoms with Crippen LogP contribution < -0.4 is 21.3 Å². The average molecular weight is 362 g/mol. The van der Waals surface area contributed by atoms with Crippen LogP contribution in [0.4, 0.5) is 0 Å². The summed E-state index contributed by atoms with van der Waals surface area (Å²) in [7, 11) is 1.51. The molecule has 140 valence electrons. The maximum Gasteiger partial charge on any atom is 0.332 e. The van der Waals surface area contributed by atoms with Crippen LogP contribution in [0.25, 0.3) is 11.0 Å². The van der Waals surface area contributed by atoms with Crippen molar-refractivity contribution in [2.75, 3.05) is 19.8 Å². The van der Waals surface area contributed by atoms with E-state index in [1.807, 2.05) is 0 Å². The normalized spacial score (nSPS) is 16.8. The predicted molar refractivity (Wildman–Crippen MR) is 94.4 cm³/mol. The lowest BCUT2D eigenvalue weighted by molar-refractivity contribution is -0.122. The highest BCUT2D eigenvalue weighted by Gasteiger charge is 2.19. The molecule has 26 heavy (non-hydrogen) atoms. The lowest BCUT2D eigenvalue weighted by Gasteiger charge is -2.14. The summed E-state index contributed by atoms with van der Waals surface area (Å²) < 4.78 is 13.1. The first-order chi connectivity index (χ1) is 12.5. The molecule has 2 aromatic rings. The largest absolute Gasteiger partial charge is 0.493 e. The number of amides is 1. The van der Waals surface area contributed by atoms with Crippen molar-refractivity contribution in [3.05, 3.63) is 33.1 Å². The molecule has 1 fully saturated rings. The minimum atomic E-state index is -0.601. The molecule has 1 aliphatic heterocycles. The topological polar surface area (TPSA) is 104 Å². The van der Waals surface area contributed by atoms with E-state index in [1.54, 1.807) is 13.0 Å². The first-order valence-corrected chi connectivity index (χ1v) is 8.62. The average Bonchev–Trinajstić information content (AvgIpc) is 3.15. The zero-order valence-electron chi connectivity index (χ0n) is 14.9. The van der Waals surface area contributed by atoms with Crippen LogP contribution >= 0.6 is 0 Å². The number of aryl methyl sites for hydroxylation is 1. The highest BCUT2D eigenvalue weighted by atomic mass is 16.5. The fraction of sp³-hybridized carbons (Fsp3) is 0.529. The Morgan fingerprint density at radius 1 is 1.46 bits per heavy atom. The van der Waals surface area contributed by atoms with E-state index in [4.69, 9.17) is 9.47 Å². The molecule has 0 saturated carbocycles. The third-order valence-corrected chi connectivity index (χ3v) is 4.34. The van der Waals surface area contributed by atoms with E-state index < -0.39 is 17.2 Å². The molecule has 3 heterocycles. The molecule has 1 amide bonds. The molecule has 1 saturated heterocycles. The molecule has 0 spiro atoms. The van der Waals surface area contributed by atoms with Crippen molar-refractivity contribution in [1.82, 2.24) is 19.4 Å². The van der Waals surface area contributed by atoms with Gasteiger partial charge in [0.05, 0.1) is 12.7 Å². The van der Waals surface area contributed by atoms with Gasteiger partial charge in [0.25, 0.3) is 5.56 Å². The molecule has 9 nitrogen and oxygen atoms in total. The van der Waals surface area contributed by atoms with Crippen LogP contribution in [0.3, 0.4) is 0 Å². The fourth-order valence-electron chi connectivity index (χ4n) is 3.03. The van der Waals surface area contributed by atoms with Crippen LogP contribution in [0.15, 0.2) is 21.9 Å². The second kappa shape index (κ2) is 7.69. The van der Waals surface area contributed by atoms with Gasteiger partial charge in [-0.3, -0.25) is 14.2 Å². The Balaban J connectivity index is 1.92. The van der Waals surface area contributed by atoms with Gasteiger partial charge in [-0.15, -0.1) is 0 Å². The van der Waals surface area contributed by atoms with E-state index in [-0.39, 0.29) is 23.7 Å². The van der Waals surface area contributed by atoms with E-state index >= 15 is 0 Å². The Bertz CT molecular complexity index is 927. The minimum Gasteiger partial charge on any atom is -0.493 e. The van der Waals surface area contributed by atoms with Gasteiger partial charge in [-0.1, -0.05) is 0 Å². The summed E-state index contributed by atoms with van der Waals surface area (Å²) in [5, 5.41) is 2.90. The van der Waals surface area contributed by atoms with E-state index in [1.165, 1.54) is 17.8 Å². The summed E-state index contributed by atoms with van der Waals surface area (Å²) >= 11 is 0. The van der Waals surface area contributed by atoms with Crippen molar-refractivity contribution in [3.63, 3.8) is 0 Å². The predicted octanol–water partition coefficient (Wildman–Crippen LogP) is -0.211. The maximum atomic E-state index is 12.8. The van der Waals surface area contributed by atoms with Gasteiger partial charge < -0.3 is 14.8 Å². The van der Waals surface area contributed by atoms with E-state index in [2.05, 4.69) is 10.3 Å². The number of nitrogens with zero attached hydrogens (tertiary/aromatic N) is 3. The smallest absolute Gasteiger partial charge is 0.332 e. The maximum absolute atomic E-state index is 12.8. The number of hydrogen-bond donors (Lipinski definition) is 1. The summed E-state index contributed by atoms with van der Waals surface area (Å²) in [6.45, 7) is 2.86. The molecule has 0 bridgehead atoms. The Morgan fingerprint density at radius 2 is 2.27 bits per heavy atom. The van der Waals surface area contributed by atoms with Crippen LogP contribution in [0.5, 0.6) is 5.75 Å². The number of nitrogens with one attached hydrogen (secondary N) is 1. The number of hydrogen-bond acceptors (Lipinski definition) is 6. The first-order valence-electron chi connectivity index (χ1n) is 8.62. The third-order valence-electron chi connectivity index (χ3n) is 4.34. The summed E-state index contributed by atoms with van der Waals surface area (Å²) in [5.74, 6) is -0.0764. The molecule has 0 aliphatic carbocycles. The molecule has 1 aliphatic rings. The molecule has 2 aromatic heterocycles. The lowest BCUT2D eigenvalue weighted by Crippen LogP contribution is -2.44. The van der Waals surface area contributed by atoms with Gasteiger partial charge >= 0.3 is 5.69 Å². The zero-order chi connectivity index (χ0) is 18.7. The molecule has 1 unspecified atom stereocenters. The number of rotatable bonds is 6. The molecule has 1 atom stereocenters. The quantitative estimate of drug-likeness (QED) is 0.762. The lowest BCUT2D eigenvalue weighted by atomic mass is 10.2. The molecule has 9 heteroatoms. The summed E-state index contributed by atoms with van der Waals surface area (Å²) in [5.41, 5.74) is -0.968. The monoisotopic (exact) mass is 362 g/mol. The van der Waals surface area contributed by atoms with E-state index in [0.717, 1.165) is 17.4 Å². The summed E-state index contributed by atoms with van der Waals surface area (Å²) in [4.78, 5) is 41.6. The SMILES string of the molecule is CCOc1ccnc2c1c(=O)n(CC(=O)NCC1CCCO1)c(=O)n2C. The minimum absolute atomic E-state index is 0.0103. The van der Waals surface area contributed by atoms with Gasteiger partial charge in [0.1, 0.15) is 17.7 Å². The van der Waals surface area contributed by atoms with Crippen LogP contribution in [0.1, 0.15) is 19.8 Å². The molecule has 0 radical (unpaired) electrons. The van der Waals surface area contributed by atoms with Gasteiger partial charge in [-0.2, -0.15) is 0 Å². The van der Waals surface area contributed by atoms with Gasteiger partial charge in [-0.25, -0.2) is 14.3 Å². The molecule has 3 rings (SSSR count). The summed E-state index contributed by atoms with van der Waals surface area (Å²) in [6, 6.07) is 1.57. The Hall–Kier alpha value is -2.68. The standard InChI is InChI=1S/C17H22N4O5/c1-3-25-12-6-7-18-15-14(12)16(23)21(17(24)20(15)2)10-13(22)19-9-11-5-4-8-26-11/h6-7,11H,3-5,8-10H2,1-2H3,(H,19,22). The molecule has 0 aromatic carbocycles. The van der Waals surface area contributed by atoms with Crippen molar-refractivity contribution >= 4 is 16.9 Å². The number of aromatic nitrogens is 3. The number of carbonyl (C=O) groups is 1. The van der Waals surface area contributed by atoms with Gasteiger partial charge in [0.15, 0.2) is 5.65 Å². The molecule has 1 N–H and O–H groups in total. The number of carbonyl (C=O) groups excluding carboxylic acids is 1. The Labute approximate surface area is 149 Å². The third kappa shape index (κ3) is 3.48. The molecular weight excluding hydrogens is 340 g/mol. The van der Waals surface area contributed by atoms with Crippen molar-refractivity contribution < 1.29 is 14.3 Å².